The Morgan fingerprint density at radius 1 is 0.700 bits per heavy atom. The highest BCUT2D eigenvalue weighted by Gasteiger charge is 2.02. The first-order valence-corrected chi connectivity index (χ1v) is 7.42. The van der Waals surface area contributed by atoms with E-state index < -0.39 is 0 Å². The zero-order valence-corrected chi connectivity index (χ0v) is 9.35. The SMILES string of the molecule is S=c1ssc2c(=S)ssc12. The van der Waals surface area contributed by atoms with Crippen LogP contribution in [0.5, 0.6) is 0 Å². The molecule has 0 amide bonds. The highest BCUT2D eigenvalue weighted by Crippen LogP contribution is 2.36. The van der Waals surface area contributed by atoms with Crippen molar-refractivity contribution in [2.75, 3.05) is 0 Å². The van der Waals surface area contributed by atoms with Crippen LogP contribution in [0.15, 0.2) is 0 Å². The van der Waals surface area contributed by atoms with Crippen molar-refractivity contribution in [2.24, 2.45) is 0 Å². The van der Waals surface area contributed by atoms with Gasteiger partial charge in [0, 0.05) is 0 Å². The first-order chi connectivity index (χ1) is 4.79. The minimum atomic E-state index is 0.998. The lowest BCUT2D eigenvalue weighted by Crippen LogP contribution is -1.41. The van der Waals surface area contributed by atoms with Crippen molar-refractivity contribution < 1.29 is 0 Å². The maximum atomic E-state index is 5.10. The quantitative estimate of drug-likeness (QED) is 0.489. The van der Waals surface area contributed by atoms with Gasteiger partial charge >= 0.3 is 0 Å². The number of rotatable bonds is 0. The van der Waals surface area contributed by atoms with Gasteiger partial charge in [-0.3, -0.25) is 0 Å². The van der Waals surface area contributed by atoms with E-state index in [9.17, 15) is 0 Å². The van der Waals surface area contributed by atoms with Gasteiger partial charge < -0.3 is 0 Å². The average molecular weight is 240 g/mol. The number of hydrogen-bond donors (Lipinski definition) is 0. The molecule has 0 saturated carbocycles. The van der Waals surface area contributed by atoms with Gasteiger partial charge in [-0.05, 0) is 0 Å². The summed E-state index contributed by atoms with van der Waals surface area (Å²) in [7, 11) is 6.69. The van der Waals surface area contributed by atoms with E-state index in [1.54, 1.807) is 41.4 Å². The van der Waals surface area contributed by atoms with Crippen LogP contribution >= 0.6 is 65.8 Å². The molecule has 2 heterocycles. The second kappa shape index (κ2) is 2.69. The van der Waals surface area contributed by atoms with Gasteiger partial charge in [-0.2, -0.15) is 0 Å². The fraction of sp³-hybridized carbons (Fsp3) is 0. The lowest BCUT2D eigenvalue weighted by Gasteiger charge is -1.63. The zero-order valence-electron chi connectivity index (χ0n) is 4.45. The minimum Gasteiger partial charge on any atom is -0.0752 e. The molecule has 2 aromatic heterocycles. The highest BCUT2D eigenvalue weighted by atomic mass is 32.9. The van der Waals surface area contributed by atoms with E-state index in [-0.39, 0.29) is 0 Å². The monoisotopic (exact) mass is 240 g/mol. The molecule has 2 rings (SSSR count). The summed E-state index contributed by atoms with van der Waals surface area (Å²) in [6.07, 6.45) is 0. The Labute approximate surface area is 82.2 Å². The molecule has 10 heavy (non-hydrogen) atoms. The third-order valence-corrected chi connectivity index (χ3v) is 7.69. The van der Waals surface area contributed by atoms with Gasteiger partial charge in [0.2, 0.25) is 0 Å². The fourth-order valence-corrected chi connectivity index (χ4v) is 7.52. The molecule has 0 bridgehead atoms. The van der Waals surface area contributed by atoms with E-state index in [0.717, 1.165) is 7.65 Å². The van der Waals surface area contributed by atoms with Gasteiger partial charge in [-0.25, -0.2) is 0 Å². The maximum Gasteiger partial charge on any atom is 0.120 e. The van der Waals surface area contributed by atoms with E-state index in [1.165, 1.54) is 9.40 Å². The molecule has 0 N–H and O–H groups in total. The Morgan fingerprint density at radius 3 is 1.50 bits per heavy atom. The zero-order chi connectivity index (χ0) is 7.14. The van der Waals surface area contributed by atoms with Crippen LogP contribution in [0.3, 0.4) is 0 Å². The van der Waals surface area contributed by atoms with Crippen molar-refractivity contribution in [3.8, 4) is 0 Å². The molecule has 0 nitrogen and oxygen atoms in total. The smallest absolute Gasteiger partial charge is 0.0752 e. The summed E-state index contributed by atoms with van der Waals surface area (Å²) >= 11 is 10.2. The van der Waals surface area contributed by atoms with Crippen LogP contribution in [-0.2, 0) is 0 Å². The molecule has 0 aliphatic rings. The Morgan fingerprint density at radius 2 is 1.10 bits per heavy atom. The Kier molecular flexibility index (Phi) is 2.00. The predicted molar refractivity (Wildman–Crippen MR) is 57.1 cm³/mol. The van der Waals surface area contributed by atoms with Crippen LogP contribution in [0.1, 0.15) is 0 Å². The summed E-state index contributed by atoms with van der Waals surface area (Å²) in [5.41, 5.74) is 0. The third-order valence-electron chi connectivity index (χ3n) is 0.978. The first-order valence-electron chi connectivity index (χ1n) is 2.31. The molecule has 0 aliphatic carbocycles. The molecule has 0 radical (unpaired) electrons. The van der Waals surface area contributed by atoms with Crippen molar-refractivity contribution in [1.29, 1.82) is 0 Å². The van der Waals surface area contributed by atoms with Crippen LogP contribution in [0, 0.1) is 7.65 Å². The summed E-state index contributed by atoms with van der Waals surface area (Å²) in [6, 6.07) is 0. The first kappa shape index (κ1) is 7.45. The van der Waals surface area contributed by atoms with Crippen molar-refractivity contribution in [3.05, 3.63) is 7.65 Å². The minimum absolute atomic E-state index is 0.998. The Balaban J connectivity index is 3.24. The Bertz CT molecular complexity index is 405. The van der Waals surface area contributed by atoms with E-state index in [4.69, 9.17) is 24.4 Å². The van der Waals surface area contributed by atoms with Crippen molar-refractivity contribution in [1.82, 2.24) is 0 Å². The van der Waals surface area contributed by atoms with E-state index in [2.05, 4.69) is 0 Å². The molecule has 0 unspecified atom stereocenters. The molecular formula is C4S6. The average Bonchev–Trinajstić information content (AvgIpc) is 2.41. The van der Waals surface area contributed by atoms with Crippen LogP contribution in [0.2, 0.25) is 0 Å². The number of hydrogen-bond acceptors (Lipinski definition) is 6. The van der Waals surface area contributed by atoms with E-state index in [0.29, 0.717) is 0 Å². The second-order valence-corrected chi connectivity index (χ2v) is 7.20. The third kappa shape index (κ3) is 1.03. The summed E-state index contributed by atoms with van der Waals surface area (Å²) in [6.45, 7) is 0. The molecular weight excluding hydrogens is 240 g/mol. The molecule has 0 atom stereocenters. The van der Waals surface area contributed by atoms with Crippen LogP contribution in [0.4, 0.5) is 0 Å². The molecule has 6 heteroatoms. The fourth-order valence-electron chi connectivity index (χ4n) is 0.564. The van der Waals surface area contributed by atoms with Crippen LogP contribution < -0.4 is 0 Å². The van der Waals surface area contributed by atoms with Gasteiger partial charge in [0.15, 0.2) is 0 Å². The maximum absolute atomic E-state index is 5.10. The molecule has 52 valence electrons. The largest absolute Gasteiger partial charge is 0.120 e. The molecule has 0 spiro atoms. The van der Waals surface area contributed by atoms with Gasteiger partial charge in [0.25, 0.3) is 0 Å². The van der Waals surface area contributed by atoms with E-state index >= 15 is 0 Å². The second-order valence-electron chi connectivity index (χ2n) is 1.57. The summed E-state index contributed by atoms with van der Waals surface area (Å²) < 4.78 is 4.44. The Hall–Kier alpha value is 0.800. The molecule has 0 saturated heterocycles. The highest BCUT2D eigenvalue weighted by molar-refractivity contribution is 7.86. The van der Waals surface area contributed by atoms with E-state index in [1.807, 2.05) is 0 Å². The van der Waals surface area contributed by atoms with Crippen molar-refractivity contribution >= 4 is 75.2 Å². The van der Waals surface area contributed by atoms with Gasteiger partial charge in [-0.15, -0.1) is 0 Å². The van der Waals surface area contributed by atoms with Crippen LogP contribution in [0.25, 0.3) is 9.40 Å². The lowest BCUT2D eigenvalue weighted by atomic mass is 10.7. The topological polar surface area (TPSA) is 0 Å². The van der Waals surface area contributed by atoms with Crippen LogP contribution in [-0.4, -0.2) is 0 Å². The van der Waals surface area contributed by atoms with Crippen molar-refractivity contribution in [3.63, 3.8) is 0 Å². The van der Waals surface area contributed by atoms with Gasteiger partial charge in [0.05, 0.1) is 9.40 Å². The summed E-state index contributed by atoms with van der Waals surface area (Å²) in [5, 5.41) is 0. The molecule has 0 aliphatic heterocycles. The molecule has 2 aromatic rings. The normalized spacial score (nSPS) is 10.8. The summed E-state index contributed by atoms with van der Waals surface area (Å²) in [5.74, 6) is 0. The van der Waals surface area contributed by atoms with Crippen molar-refractivity contribution in [2.45, 2.75) is 0 Å². The number of fused-ring (bicyclic) bond motifs is 1. The summed E-state index contributed by atoms with van der Waals surface area (Å²) in [4.78, 5) is 0. The predicted octanol–water partition coefficient (Wildman–Crippen LogP) is 4.54. The molecule has 0 fully saturated rings. The lowest BCUT2D eigenvalue weighted by molar-refractivity contribution is 2.37. The van der Waals surface area contributed by atoms with Gasteiger partial charge in [0.1, 0.15) is 7.65 Å². The standard InChI is InChI=1S/C4S6/c5-3-1-2(8-9-3)4(6)10-7-1. The molecule has 0 aromatic carbocycles. The van der Waals surface area contributed by atoms with Gasteiger partial charge in [-0.1, -0.05) is 65.8 Å².